The second-order valence-electron chi connectivity index (χ2n) is 4.42. The van der Waals surface area contributed by atoms with E-state index in [4.69, 9.17) is 11.5 Å². The number of rotatable bonds is 2. The van der Waals surface area contributed by atoms with Gasteiger partial charge in [0.25, 0.3) is 10.0 Å². The number of benzene rings is 1. The van der Waals surface area contributed by atoms with E-state index in [9.17, 15) is 8.42 Å². The minimum atomic E-state index is -3.75. The molecule has 2 heterocycles. The molecule has 0 bridgehead atoms. The Bertz CT molecular complexity index is 936. The van der Waals surface area contributed by atoms with Crippen molar-refractivity contribution in [2.75, 3.05) is 11.5 Å². The first-order chi connectivity index (χ1) is 9.93. The van der Waals surface area contributed by atoms with Gasteiger partial charge in [-0.1, -0.05) is 18.2 Å². The molecule has 0 radical (unpaired) electrons. The van der Waals surface area contributed by atoms with E-state index in [1.165, 1.54) is 24.5 Å². The van der Waals surface area contributed by atoms with Gasteiger partial charge in [0.15, 0.2) is 5.65 Å². The van der Waals surface area contributed by atoms with E-state index in [1.54, 1.807) is 18.2 Å². The lowest BCUT2D eigenvalue weighted by molar-refractivity contribution is 0.588. The number of pyridine rings is 1. The molecule has 0 fully saturated rings. The number of hydrogen-bond donors (Lipinski definition) is 2. The molecule has 0 aliphatic carbocycles. The van der Waals surface area contributed by atoms with Gasteiger partial charge in [0.2, 0.25) is 0 Å². The summed E-state index contributed by atoms with van der Waals surface area (Å²) < 4.78 is 27.0. The maximum Gasteiger partial charge on any atom is 0.269 e. The Morgan fingerprint density at radius 1 is 1.14 bits per heavy atom. The minimum absolute atomic E-state index is 0.173. The average molecular weight is 367 g/mol. The molecule has 0 aliphatic heterocycles. The molecule has 6 nitrogen and oxygen atoms in total. The van der Waals surface area contributed by atoms with Gasteiger partial charge in [0.05, 0.1) is 27.9 Å². The standard InChI is InChI=1S/C13H11BrN4O2S/c14-9-7-18(13-11(9)12(16)10(15)6-17-13)21(19,20)8-4-2-1-3-5-8/h1-7H,15H2,(H2,16,17). The Kier molecular flexibility index (Phi) is 3.14. The molecule has 3 rings (SSSR count). The lowest BCUT2D eigenvalue weighted by atomic mass is 10.2. The van der Waals surface area contributed by atoms with Crippen LogP contribution in [0, 0.1) is 0 Å². The van der Waals surface area contributed by atoms with Gasteiger partial charge in [-0.05, 0) is 28.1 Å². The zero-order valence-corrected chi connectivity index (χ0v) is 13.1. The summed E-state index contributed by atoms with van der Waals surface area (Å²) in [5, 5.41) is 0.481. The summed E-state index contributed by atoms with van der Waals surface area (Å²) in [4.78, 5) is 4.28. The monoisotopic (exact) mass is 366 g/mol. The van der Waals surface area contributed by atoms with E-state index in [1.807, 2.05) is 0 Å². The number of fused-ring (bicyclic) bond motifs is 1. The lowest BCUT2D eigenvalue weighted by Crippen LogP contribution is -2.12. The second-order valence-corrected chi connectivity index (χ2v) is 7.09. The maximum absolute atomic E-state index is 12.7. The van der Waals surface area contributed by atoms with Crippen LogP contribution in [0.15, 0.2) is 52.1 Å². The van der Waals surface area contributed by atoms with Crippen LogP contribution in [0.3, 0.4) is 0 Å². The summed E-state index contributed by atoms with van der Waals surface area (Å²) in [5.74, 6) is 0. The molecule has 2 aromatic heterocycles. The first-order valence-electron chi connectivity index (χ1n) is 5.94. The Balaban J connectivity index is 2.35. The molecule has 0 saturated carbocycles. The summed E-state index contributed by atoms with van der Waals surface area (Å²) in [6.45, 7) is 0. The van der Waals surface area contributed by atoms with Crippen molar-refractivity contribution in [3.8, 4) is 0 Å². The highest BCUT2D eigenvalue weighted by molar-refractivity contribution is 9.10. The van der Waals surface area contributed by atoms with Gasteiger partial charge in [0, 0.05) is 10.7 Å². The van der Waals surface area contributed by atoms with Crippen molar-refractivity contribution in [2.45, 2.75) is 4.90 Å². The molecule has 0 aliphatic rings. The van der Waals surface area contributed by atoms with Crippen molar-refractivity contribution >= 4 is 48.4 Å². The predicted molar refractivity (Wildman–Crippen MR) is 85.3 cm³/mol. The van der Waals surface area contributed by atoms with Crippen LogP contribution in [0.2, 0.25) is 0 Å². The summed E-state index contributed by atoms with van der Waals surface area (Å²) in [6.07, 6.45) is 2.77. The molecule has 0 unspecified atom stereocenters. The fourth-order valence-corrected chi connectivity index (χ4v) is 4.12. The van der Waals surface area contributed by atoms with Gasteiger partial charge >= 0.3 is 0 Å². The molecule has 4 N–H and O–H groups in total. The minimum Gasteiger partial charge on any atom is -0.396 e. The van der Waals surface area contributed by atoms with E-state index in [0.29, 0.717) is 21.2 Å². The van der Waals surface area contributed by atoms with E-state index in [-0.39, 0.29) is 10.5 Å². The van der Waals surface area contributed by atoms with Crippen molar-refractivity contribution in [1.29, 1.82) is 0 Å². The van der Waals surface area contributed by atoms with Crippen LogP contribution in [0.25, 0.3) is 11.0 Å². The smallest absolute Gasteiger partial charge is 0.269 e. The first-order valence-corrected chi connectivity index (χ1v) is 8.17. The van der Waals surface area contributed by atoms with E-state index in [2.05, 4.69) is 20.9 Å². The van der Waals surface area contributed by atoms with Crippen LogP contribution in [-0.4, -0.2) is 17.4 Å². The SMILES string of the molecule is Nc1cnc2c(c(Br)cn2S(=O)(=O)c2ccccc2)c1N. The number of anilines is 2. The number of nitrogens with zero attached hydrogens (tertiary/aromatic N) is 2. The van der Waals surface area contributed by atoms with Gasteiger partial charge in [-0.15, -0.1) is 0 Å². The second kappa shape index (κ2) is 4.74. The third kappa shape index (κ3) is 2.07. The number of halogens is 1. The topological polar surface area (TPSA) is 104 Å². The number of nitrogen functional groups attached to an aromatic ring is 2. The van der Waals surface area contributed by atoms with Crippen molar-refractivity contribution in [3.05, 3.63) is 47.2 Å². The zero-order chi connectivity index (χ0) is 15.2. The van der Waals surface area contributed by atoms with Crippen LogP contribution >= 0.6 is 15.9 Å². The van der Waals surface area contributed by atoms with Crippen LogP contribution in [-0.2, 0) is 10.0 Å². The largest absolute Gasteiger partial charge is 0.396 e. The van der Waals surface area contributed by atoms with Gasteiger partial charge in [0.1, 0.15) is 0 Å². The average Bonchev–Trinajstić information content (AvgIpc) is 2.82. The normalized spacial score (nSPS) is 11.9. The van der Waals surface area contributed by atoms with Crippen LogP contribution in [0.5, 0.6) is 0 Å². The Labute approximate surface area is 129 Å². The molecule has 0 spiro atoms. The first kappa shape index (κ1) is 13.9. The Hall–Kier alpha value is -2.06. The summed E-state index contributed by atoms with van der Waals surface area (Å²) in [6, 6.07) is 8.12. The number of nitrogens with two attached hydrogens (primary N) is 2. The quantitative estimate of drug-likeness (QED) is 0.723. The Morgan fingerprint density at radius 3 is 2.48 bits per heavy atom. The van der Waals surface area contributed by atoms with Gasteiger partial charge in [-0.2, -0.15) is 0 Å². The summed E-state index contributed by atoms with van der Waals surface area (Å²) in [5.41, 5.74) is 12.5. The van der Waals surface area contributed by atoms with Crippen molar-refractivity contribution in [3.63, 3.8) is 0 Å². The molecule has 3 aromatic rings. The fraction of sp³-hybridized carbons (Fsp3) is 0. The molecular weight excluding hydrogens is 356 g/mol. The molecule has 1 aromatic carbocycles. The highest BCUT2D eigenvalue weighted by atomic mass is 79.9. The molecule has 21 heavy (non-hydrogen) atoms. The number of hydrogen-bond acceptors (Lipinski definition) is 5. The summed E-state index contributed by atoms with van der Waals surface area (Å²) in [7, 11) is -3.75. The van der Waals surface area contributed by atoms with Crippen molar-refractivity contribution in [2.24, 2.45) is 0 Å². The van der Waals surface area contributed by atoms with Crippen LogP contribution in [0.1, 0.15) is 0 Å². The van der Waals surface area contributed by atoms with E-state index in [0.717, 1.165) is 3.97 Å². The van der Waals surface area contributed by atoms with Crippen molar-refractivity contribution in [1.82, 2.24) is 8.96 Å². The molecule has 0 saturated heterocycles. The molecule has 0 amide bonds. The van der Waals surface area contributed by atoms with E-state index < -0.39 is 10.0 Å². The van der Waals surface area contributed by atoms with E-state index >= 15 is 0 Å². The Morgan fingerprint density at radius 2 is 1.81 bits per heavy atom. The summed E-state index contributed by atoms with van der Waals surface area (Å²) >= 11 is 3.31. The predicted octanol–water partition coefficient (Wildman–Crippen LogP) is 2.20. The molecule has 8 heteroatoms. The number of aromatic nitrogens is 2. The van der Waals surface area contributed by atoms with Gasteiger partial charge in [-0.3, -0.25) is 0 Å². The van der Waals surface area contributed by atoms with Crippen LogP contribution < -0.4 is 11.5 Å². The molecular formula is C13H11BrN4O2S. The third-order valence-electron chi connectivity index (χ3n) is 3.11. The molecule has 108 valence electrons. The maximum atomic E-state index is 12.7. The highest BCUT2D eigenvalue weighted by Crippen LogP contribution is 2.34. The van der Waals surface area contributed by atoms with Crippen molar-refractivity contribution < 1.29 is 8.42 Å². The third-order valence-corrected chi connectivity index (χ3v) is 5.37. The molecule has 0 atom stereocenters. The fourth-order valence-electron chi connectivity index (χ4n) is 2.05. The zero-order valence-electron chi connectivity index (χ0n) is 10.7. The van der Waals surface area contributed by atoms with Gasteiger partial charge < -0.3 is 11.5 Å². The lowest BCUT2D eigenvalue weighted by Gasteiger charge is -2.07. The highest BCUT2D eigenvalue weighted by Gasteiger charge is 2.23. The van der Waals surface area contributed by atoms with Gasteiger partial charge in [-0.25, -0.2) is 17.4 Å². The van der Waals surface area contributed by atoms with Crippen LogP contribution in [0.4, 0.5) is 11.4 Å².